The molecule has 0 unspecified atom stereocenters. The highest BCUT2D eigenvalue weighted by Gasteiger charge is 2.37. The van der Waals surface area contributed by atoms with Gasteiger partial charge in [0.25, 0.3) is 0 Å². The van der Waals surface area contributed by atoms with Crippen LogP contribution in [0.1, 0.15) is 13.8 Å². The predicted octanol–water partition coefficient (Wildman–Crippen LogP) is 1.21. The van der Waals surface area contributed by atoms with E-state index >= 15 is 0 Å². The van der Waals surface area contributed by atoms with E-state index in [1.165, 1.54) is 16.4 Å². The van der Waals surface area contributed by atoms with Gasteiger partial charge in [0.05, 0.1) is 17.9 Å². The smallest absolute Gasteiger partial charge is 0.248 e. The monoisotopic (exact) mass is 288 g/mol. The van der Waals surface area contributed by atoms with Crippen LogP contribution in [0.15, 0.2) is 23.1 Å². The summed E-state index contributed by atoms with van der Waals surface area (Å²) in [5.41, 5.74) is 4.93. The first-order valence-corrected chi connectivity index (χ1v) is 7.36. The molecule has 19 heavy (non-hydrogen) atoms. The number of morpholine rings is 1. The van der Waals surface area contributed by atoms with Gasteiger partial charge in [0.1, 0.15) is 10.7 Å². The summed E-state index contributed by atoms with van der Waals surface area (Å²) in [5, 5.41) is 0. The molecule has 7 heteroatoms. The van der Waals surface area contributed by atoms with Crippen molar-refractivity contribution in [3.8, 4) is 0 Å². The third-order valence-electron chi connectivity index (χ3n) is 2.99. The molecule has 0 amide bonds. The second-order valence-electron chi connectivity index (χ2n) is 5.10. The minimum Gasteiger partial charge on any atom is -0.398 e. The van der Waals surface area contributed by atoms with Gasteiger partial charge in [0.15, 0.2) is 0 Å². The Balaban J connectivity index is 2.43. The lowest BCUT2D eigenvalue weighted by Crippen LogP contribution is -2.50. The first-order chi connectivity index (χ1) is 8.74. The Bertz CT molecular complexity index is 566. The third kappa shape index (κ3) is 2.72. The molecule has 1 heterocycles. The van der Waals surface area contributed by atoms with Crippen molar-refractivity contribution < 1.29 is 17.5 Å². The molecule has 0 atom stereocenters. The fourth-order valence-electron chi connectivity index (χ4n) is 2.11. The Morgan fingerprint density at radius 1 is 1.42 bits per heavy atom. The van der Waals surface area contributed by atoms with Crippen molar-refractivity contribution in [1.29, 1.82) is 0 Å². The zero-order chi connectivity index (χ0) is 14.3. The summed E-state index contributed by atoms with van der Waals surface area (Å²) in [7, 11) is -3.94. The van der Waals surface area contributed by atoms with Crippen LogP contribution in [0.2, 0.25) is 0 Å². The summed E-state index contributed by atoms with van der Waals surface area (Å²) >= 11 is 0. The molecule has 0 aromatic heterocycles. The second kappa shape index (κ2) is 4.73. The average molecular weight is 288 g/mol. The quantitative estimate of drug-likeness (QED) is 0.830. The Morgan fingerprint density at radius 2 is 2.11 bits per heavy atom. The highest BCUT2D eigenvalue weighted by atomic mass is 32.2. The van der Waals surface area contributed by atoms with E-state index in [2.05, 4.69) is 0 Å². The number of hydrogen-bond donors (Lipinski definition) is 1. The lowest BCUT2D eigenvalue weighted by molar-refractivity contribution is -0.0640. The van der Waals surface area contributed by atoms with E-state index in [-0.39, 0.29) is 25.4 Å². The number of hydrogen-bond acceptors (Lipinski definition) is 4. The molecule has 5 nitrogen and oxygen atoms in total. The normalized spacial score (nSPS) is 20.4. The molecule has 0 spiro atoms. The van der Waals surface area contributed by atoms with E-state index in [4.69, 9.17) is 10.5 Å². The number of nitrogens with two attached hydrogens (primary N) is 1. The van der Waals surface area contributed by atoms with Crippen molar-refractivity contribution in [3.05, 3.63) is 24.0 Å². The van der Waals surface area contributed by atoms with Crippen molar-refractivity contribution in [2.45, 2.75) is 24.3 Å². The molecular weight excluding hydrogens is 271 g/mol. The molecule has 0 bridgehead atoms. The Morgan fingerprint density at radius 3 is 2.68 bits per heavy atom. The van der Waals surface area contributed by atoms with Crippen molar-refractivity contribution >= 4 is 15.7 Å². The molecule has 1 aliphatic heterocycles. The van der Waals surface area contributed by atoms with Crippen molar-refractivity contribution in [2.75, 3.05) is 25.4 Å². The molecule has 106 valence electrons. The lowest BCUT2D eigenvalue weighted by Gasteiger charge is -2.37. The number of sulfonamides is 1. The maximum absolute atomic E-state index is 13.8. The number of anilines is 1. The zero-order valence-electron chi connectivity index (χ0n) is 10.9. The number of halogens is 1. The van der Waals surface area contributed by atoms with E-state index in [9.17, 15) is 12.8 Å². The van der Waals surface area contributed by atoms with Crippen LogP contribution in [0, 0.1) is 5.82 Å². The predicted molar refractivity (Wildman–Crippen MR) is 69.6 cm³/mol. The van der Waals surface area contributed by atoms with Crippen LogP contribution in [0.4, 0.5) is 10.1 Å². The van der Waals surface area contributed by atoms with Crippen molar-refractivity contribution in [2.24, 2.45) is 0 Å². The lowest BCUT2D eigenvalue weighted by atomic mass is 10.1. The molecule has 2 N–H and O–H groups in total. The Hall–Kier alpha value is -1.18. The van der Waals surface area contributed by atoms with E-state index in [1.807, 2.05) is 0 Å². The largest absolute Gasteiger partial charge is 0.398 e. The molecule has 0 saturated carbocycles. The van der Waals surface area contributed by atoms with Crippen molar-refractivity contribution in [1.82, 2.24) is 4.31 Å². The standard InChI is InChI=1S/C12H17FN2O3S/c1-12(2)8-15(6-7-18-12)19(16,17)11-9(13)4-3-5-10(11)14/h3-5H,6-8,14H2,1-2H3. The highest BCUT2D eigenvalue weighted by molar-refractivity contribution is 7.89. The van der Waals surface area contributed by atoms with Crippen LogP contribution in [0.3, 0.4) is 0 Å². The SMILES string of the molecule is CC1(C)CN(S(=O)(=O)c2c(N)cccc2F)CCO1. The Labute approximate surface area is 112 Å². The van der Waals surface area contributed by atoms with Crippen LogP contribution < -0.4 is 5.73 Å². The molecule has 1 saturated heterocycles. The number of benzene rings is 1. The molecule has 0 aliphatic carbocycles. The summed E-state index contributed by atoms with van der Waals surface area (Å²) in [6.07, 6.45) is 0. The van der Waals surface area contributed by atoms with E-state index < -0.39 is 26.3 Å². The minimum absolute atomic E-state index is 0.0794. The van der Waals surface area contributed by atoms with Gasteiger partial charge in [-0.15, -0.1) is 0 Å². The molecular formula is C12H17FN2O3S. The van der Waals surface area contributed by atoms with Gasteiger partial charge < -0.3 is 10.5 Å². The topological polar surface area (TPSA) is 72.6 Å². The van der Waals surface area contributed by atoms with Crippen LogP contribution >= 0.6 is 0 Å². The van der Waals surface area contributed by atoms with Gasteiger partial charge in [-0.2, -0.15) is 4.31 Å². The number of rotatable bonds is 2. The number of ether oxygens (including phenoxy) is 1. The molecule has 1 aromatic carbocycles. The molecule has 1 aromatic rings. The first-order valence-electron chi connectivity index (χ1n) is 5.92. The summed E-state index contributed by atoms with van der Waals surface area (Å²) in [6.45, 7) is 4.22. The minimum atomic E-state index is -3.94. The average Bonchev–Trinajstić information content (AvgIpc) is 2.27. The molecule has 2 rings (SSSR count). The van der Waals surface area contributed by atoms with Gasteiger partial charge in [-0.1, -0.05) is 6.07 Å². The van der Waals surface area contributed by atoms with Crippen LogP contribution in [0.25, 0.3) is 0 Å². The van der Waals surface area contributed by atoms with Crippen LogP contribution in [-0.4, -0.2) is 38.0 Å². The molecule has 0 radical (unpaired) electrons. The van der Waals surface area contributed by atoms with Gasteiger partial charge in [-0.3, -0.25) is 0 Å². The number of nitrogens with zero attached hydrogens (tertiary/aromatic N) is 1. The molecule has 1 fully saturated rings. The van der Waals surface area contributed by atoms with E-state index in [1.54, 1.807) is 13.8 Å². The maximum Gasteiger partial charge on any atom is 0.248 e. The van der Waals surface area contributed by atoms with Gasteiger partial charge in [-0.05, 0) is 26.0 Å². The van der Waals surface area contributed by atoms with Crippen molar-refractivity contribution in [3.63, 3.8) is 0 Å². The fraction of sp³-hybridized carbons (Fsp3) is 0.500. The third-order valence-corrected chi connectivity index (χ3v) is 4.92. The van der Waals surface area contributed by atoms with Gasteiger partial charge in [-0.25, -0.2) is 12.8 Å². The Kier molecular flexibility index (Phi) is 3.55. The maximum atomic E-state index is 13.8. The summed E-state index contributed by atoms with van der Waals surface area (Å²) in [6, 6.07) is 3.85. The van der Waals surface area contributed by atoms with E-state index in [0.717, 1.165) is 6.07 Å². The molecule has 1 aliphatic rings. The van der Waals surface area contributed by atoms with E-state index in [0.29, 0.717) is 0 Å². The summed E-state index contributed by atoms with van der Waals surface area (Å²) in [4.78, 5) is -0.451. The van der Waals surface area contributed by atoms with Gasteiger partial charge in [0.2, 0.25) is 10.0 Å². The van der Waals surface area contributed by atoms with Crippen LogP contribution in [0.5, 0.6) is 0 Å². The summed E-state index contributed by atoms with van der Waals surface area (Å²) in [5.74, 6) is -0.829. The first kappa shape index (κ1) is 14.2. The van der Waals surface area contributed by atoms with Gasteiger partial charge >= 0.3 is 0 Å². The van der Waals surface area contributed by atoms with Crippen LogP contribution in [-0.2, 0) is 14.8 Å². The fourth-order valence-corrected chi connectivity index (χ4v) is 3.84. The second-order valence-corrected chi connectivity index (χ2v) is 6.98. The highest BCUT2D eigenvalue weighted by Crippen LogP contribution is 2.28. The number of nitrogen functional groups attached to an aromatic ring is 1. The van der Waals surface area contributed by atoms with Gasteiger partial charge in [0, 0.05) is 13.1 Å². The summed E-state index contributed by atoms with van der Waals surface area (Å²) < 4.78 is 45.4. The zero-order valence-corrected chi connectivity index (χ0v) is 11.7.